The minimum Gasteiger partial charge on any atom is -0.493 e. The van der Waals surface area contributed by atoms with Crippen molar-refractivity contribution in [3.05, 3.63) is 53.6 Å². The van der Waals surface area contributed by atoms with Crippen molar-refractivity contribution in [3.8, 4) is 11.5 Å². The SMILES string of the molecule is CCOc1cc(C2=NN(Cc3ccc(NC(=O)CCN(C(C)C)C(C)C)cc3)C(=O)CC2)ccc1OC. The van der Waals surface area contributed by atoms with E-state index in [1.165, 1.54) is 5.01 Å². The van der Waals surface area contributed by atoms with Crippen molar-refractivity contribution in [2.75, 3.05) is 25.6 Å². The Morgan fingerprint density at radius 1 is 1.05 bits per heavy atom. The Bertz CT molecular complexity index is 1090. The number of carbonyl (C=O) groups is 2. The Morgan fingerprint density at radius 3 is 2.38 bits per heavy atom. The van der Waals surface area contributed by atoms with Crippen molar-refractivity contribution < 1.29 is 19.1 Å². The number of amides is 2. The van der Waals surface area contributed by atoms with Gasteiger partial charge in [-0.2, -0.15) is 5.10 Å². The highest BCUT2D eigenvalue weighted by Crippen LogP contribution is 2.30. The quantitative estimate of drug-likeness (QED) is 0.433. The van der Waals surface area contributed by atoms with Gasteiger partial charge in [-0.15, -0.1) is 0 Å². The second-order valence-corrected chi connectivity index (χ2v) is 9.72. The third-order valence-corrected chi connectivity index (χ3v) is 6.40. The second-order valence-electron chi connectivity index (χ2n) is 9.72. The van der Waals surface area contributed by atoms with E-state index in [1.807, 2.05) is 49.4 Å². The average Bonchev–Trinajstić information content (AvgIpc) is 2.86. The molecule has 0 saturated heterocycles. The number of hydrogen-bond acceptors (Lipinski definition) is 6. The van der Waals surface area contributed by atoms with E-state index in [0.29, 0.717) is 56.0 Å². The number of hydrazone groups is 1. The predicted molar refractivity (Wildman–Crippen MR) is 147 cm³/mol. The van der Waals surface area contributed by atoms with Gasteiger partial charge < -0.3 is 14.8 Å². The smallest absolute Gasteiger partial charge is 0.243 e. The molecule has 37 heavy (non-hydrogen) atoms. The van der Waals surface area contributed by atoms with Gasteiger partial charge in [0.15, 0.2) is 11.5 Å². The van der Waals surface area contributed by atoms with Gasteiger partial charge in [-0.25, -0.2) is 5.01 Å². The van der Waals surface area contributed by atoms with Crippen LogP contribution in [0.25, 0.3) is 0 Å². The molecule has 8 nitrogen and oxygen atoms in total. The van der Waals surface area contributed by atoms with Gasteiger partial charge >= 0.3 is 0 Å². The van der Waals surface area contributed by atoms with Gasteiger partial charge in [-0.3, -0.25) is 14.5 Å². The minimum absolute atomic E-state index is 0.00888. The summed E-state index contributed by atoms with van der Waals surface area (Å²) >= 11 is 0. The molecule has 1 heterocycles. The van der Waals surface area contributed by atoms with Crippen LogP contribution >= 0.6 is 0 Å². The lowest BCUT2D eigenvalue weighted by Gasteiger charge is -2.30. The van der Waals surface area contributed by atoms with Crippen LogP contribution in [0.15, 0.2) is 47.6 Å². The van der Waals surface area contributed by atoms with E-state index in [2.05, 4.69) is 43.0 Å². The van der Waals surface area contributed by atoms with Gasteiger partial charge in [0.2, 0.25) is 11.8 Å². The van der Waals surface area contributed by atoms with Gasteiger partial charge in [0, 0.05) is 49.1 Å². The summed E-state index contributed by atoms with van der Waals surface area (Å²) in [4.78, 5) is 27.4. The molecule has 2 aromatic carbocycles. The first kappa shape index (κ1) is 28.2. The van der Waals surface area contributed by atoms with Gasteiger partial charge in [0.1, 0.15) is 0 Å². The molecule has 0 unspecified atom stereocenters. The van der Waals surface area contributed by atoms with Crippen LogP contribution in [0.5, 0.6) is 11.5 Å². The van der Waals surface area contributed by atoms with E-state index in [9.17, 15) is 9.59 Å². The fraction of sp³-hybridized carbons (Fsp3) is 0.483. The van der Waals surface area contributed by atoms with E-state index in [4.69, 9.17) is 9.47 Å². The van der Waals surface area contributed by atoms with Gasteiger partial charge in [-0.1, -0.05) is 12.1 Å². The van der Waals surface area contributed by atoms with E-state index >= 15 is 0 Å². The molecule has 0 bridgehead atoms. The zero-order chi connectivity index (χ0) is 26.9. The van der Waals surface area contributed by atoms with Crippen LogP contribution < -0.4 is 14.8 Å². The molecular weight excluding hydrogens is 468 g/mol. The van der Waals surface area contributed by atoms with Crippen LogP contribution in [0.4, 0.5) is 5.69 Å². The molecule has 200 valence electrons. The van der Waals surface area contributed by atoms with Crippen molar-refractivity contribution in [1.29, 1.82) is 0 Å². The number of rotatable bonds is 12. The molecule has 1 N–H and O–H groups in total. The number of ether oxygens (including phenoxy) is 2. The zero-order valence-corrected chi connectivity index (χ0v) is 22.9. The van der Waals surface area contributed by atoms with Gasteiger partial charge in [-0.05, 0) is 70.5 Å². The van der Waals surface area contributed by atoms with E-state index in [0.717, 1.165) is 29.1 Å². The third-order valence-electron chi connectivity index (χ3n) is 6.40. The monoisotopic (exact) mass is 508 g/mol. The van der Waals surface area contributed by atoms with Crippen LogP contribution in [-0.2, 0) is 16.1 Å². The lowest BCUT2D eigenvalue weighted by molar-refractivity contribution is -0.132. The Balaban J connectivity index is 1.63. The molecule has 1 aliphatic rings. The minimum atomic E-state index is -0.0143. The summed E-state index contributed by atoms with van der Waals surface area (Å²) in [5, 5.41) is 9.14. The predicted octanol–water partition coefficient (Wildman–Crippen LogP) is 5.07. The fourth-order valence-corrected chi connectivity index (χ4v) is 4.49. The number of benzene rings is 2. The van der Waals surface area contributed by atoms with E-state index < -0.39 is 0 Å². The zero-order valence-electron chi connectivity index (χ0n) is 22.9. The summed E-state index contributed by atoms with van der Waals surface area (Å²) < 4.78 is 11.1. The molecule has 0 radical (unpaired) electrons. The highest BCUT2D eigenvalue weighted by atomic mass is 16.5. The molecular formula is C29H40N4O4. The van der Waals surface area contributed by atoms with Crippen molar-refractivity contribution in [3.63, 3.8) is 0 Å². The normalized spacial score (nSPS) is 13.8. The van der Waals surface area contributed by atoms with E-state index in [1.54, 1.807) is 7.11 Å². The first-order valence-electron chi connectivity index (χ1n) is 13.0. The summed E-state index contributed by atoms with van der Waals surface area (Å²) in [6.45, 7) is 12.1. The lowest BCUT2D eigenvalue weighted by atomic mass is 10.0. The maximum absolute atomic E-state index is 12.6. The Labute approximate surface area is 220 Å². The summed E-state index contributed by atoms with van der Waals surface area (Å²) in [6, 6.07) is 14.1. The number of nitrogens with zero attached hydrogens (tertiary/aromatic N) is 3. The second kappa shape index (κ2) is 13.2. The van der Waals surface area contributed by atoms with Crippen molar-refractivity contribution >= 4 is 23.2 Å². The average molecular weight is 509 g/mol. The number of carbonyl (C=O) groups excluding carboxylic acids is 2. The van der Waals surface area contributed by atoms with Crippen LogP contribution in [0.1, 0.15) is 65.0 Å². The van der Waals surface area contributed by atoms with Gasteiger partial charge in [0.05, 0.1) is 26.0 Å². The molecule has 2 amide bonds. The highest BCUT2D eigenvalue weighted by molar-refractivity contribution is 6.04. The molecule has 0 fully saturated rings. The lowest BCUT2D eigenvalue weighted by Crippen LogP contribution is -2.39. The molecule has 0 saturated carbocycles. The van der Waals surface area contributed by atoms with Crippen LogP contribution in [-0.4, -0.2) is 59.8 Å². The molecule has 8 heteroatoms. The molecule has 0 aromatic heterocycles. The van der Waals surface area contributed by atoms with Crippen molar-refractivity contribution in [2.45, 2.75) is 72.5 Å². The fourth-order valence-electron chi connectivity index (χ4n) is 4.49. The number of hydrogen-bond donors (Lipinski definition) is 1. The first-order valence-corrected chi connectivity index (χ1v) is 13.0. The number of anilines is 1. The summed E-state index contributed by atoms with van der Waals surface area (Å²) in [5.41, 5.74) is 3.43. The Hall–Kier alpha value is -3.39. The first-order chi connectivity index (χ1) is 17.7. The van der Waals surface area contributed by atoms with Crippen molar-refractivity contribution in [2.24, 2.45) is 5.10 Å². The molecule has 0 atom stereocenters. The molecule has 1 aliphatic heterocycles. The molecule has 2 aromatic rings. The maximum atomic E-state index is 12.6. The summed E-state index contributed by atoms with van der Waals surface area (Å²) in [6.07, 6.45) is 1.41. The highest BCUT2D eigenvalue weighted by Gasteiger charge is 2.22. The number of methoxy groups -OCH3 is 1. The largest absolute Gasteiger partial charge is 0.493 e. The topological polar surface area (TPSA) is 83.5 Å². The standard InChI is InChI=1S/C29H40N4O4/c1-7-37-27-18-23(10-14-26(27)36-6)25-13-15-29(35)33(31-25)19-22-8-11-24(12-9-22)30-28(34)16-17-32(20(2)3)21(4)5/h8-12,14,18,20-21H,7,13,15-17,19H2,1-6H3,(H,30,34). The van der Waals surface area contributed by atoms with E-state index in [-0.39, 0.29) is 11.8 Å². The molecule has 3 rings (SSSR count). The van der Waals surface area contributed by atoms with Crippen LogP contribution in [0.3, 0.4) is 0 Å². The maximum Gasteiger partial charge on any atom is 0.243 e. The van der Waals surface area contributed by atoms with Crippen LogP contribution in [0, 0.1) is 0 Å². The molecule has 0 spiro atoms. The summed E-state index contributed by atoms with van der Waals surface area (Å²) in [5.74, 6) is 1.30. The van der Waals surface area contributed by atoms with Crippen molar-refractivity contribution in [1.82, 2.24) is 9.91 Å². The third kappa shape index (κ3) is 7.79. The Morgan fingerprint density at radius 2 is 1.76 bits per heavy atom. The number of nitrogens with one attached hydrogen (secondary N) is 1. The molecule has 0 aliphatic carbocycles. The van der Waals surface area contributed by atoms with Gasteiger partial charge in [0.25, 0.3) is 0 Å². The summed E-state index contributed by atoms with van der Waals surface area (Å²) in [7, 11) is 1.61. The van der Waals surface area contributed by atoms with Crippen LogP contribution in [0.2, 0.25) is 0 Å². The Kier molecular flexibility index (Phi) is 10.1.